The van der Waals surface area contributed by atoms with Gasteiger partial charge in [0.2, 0.25) is 0 Å². The van der Waals surface area contributed by atoms with Gasteiger partial charge in [-0.25, -0.2) is 4.39 Å². The van der Waals surface area contributed by atoms with Gasteiger partial charge in [-0.2, -0.15) is 5.26 Å². The molecule has 0 bridgehead atoms. The molecule has 0 saturated carbocycles. The first kappa shape index (κ1) is 30.8. The van der Waals surface area contributed by atoms with E-state index in [0.29, 0.717) is 28.2 Å². The van der Waals surface area contributed by atoms with E-state index in [4.69, 9.17) is 5.73 Å². The van der Waals surface area contributed by atoms with Crippen LogP contribution >= 0.6 is 0 Å². The maximum atomic E-state index is 15.4. The fourth-order valence-corrected chi connectivity index (χ4v) is 6.61. The Kier molecular flexibility index (Phi) is 10.3. The molecule has 5 heteroatoms. The zero-order valence-electron chi connectivity index (χ0n) is 25.5. The molecule has 2 aromatic rings. The minimum absolute atomic E-state index is 0.0372. The van der Waals surface area contributed by atoms with E-state index in [0.717, 1.165) is 61.0 Å². The molecule has 1 atom stereocenters. The smallest absolute Gasteiger partial charge is 0.131 e. The van der Waals surface area contributed by atoms with Gasteiger partial charge in [-0.1, -0.05) is 58.2 Å². The van der Waals surface area contributed by atoms with Crippen LogP contribution in [0.2, 0.25) is 0 Å². The topological polar surface area (TPSA) is 56.3 Å². The Hall–Kier alpha value is -3.10. The number of aryl methyl sites for hydroxylation is 1. The third-order valence-electron chi connectivity index (χ3n) is 9.96. The second-order valence-corrected chi connectivity index (χ2v) is 12.7. The van der Waals surface area contributed by atoms with Gasteiger partial charge in [0.15, 0.2) is 0 Å². The minimum Gasteiger partial charge on any atom is -0.401 e. The molecule has 4 nitrogen and oxygen atoms in total. The minimum atomic E-state index is -0.311. The molecular formula is C36H49FN4. The number of rotatable bonds is 11. The number of halogens is 1. The van der Waals surface area contributed by atoms with Gasteiger partial charge < -0.3 is 15.5 Å². The van der Waals surface area contributed by atoms with Crippen LogP contribution in [0.5, 0.6) is 0 Å². The molecule has 0 unspecified atom stereocenters. The van der Waals surface area contributed by atoms with E-state index in [1.807, 2.05) is 24.3 Å². The normalized spacial score (nSPS) is 18.7. The van der Waals surface area contributed by atoms with Crippen LogP contribution in [0.4, 0.5) is 4.39 Å². The van der Waals surface area contributed by atoms with Crippen molar-refractivity contribution in [1.82, 2.24) is 9.80 Å². The lowest BCUT2D eigenvalue weighted by Gasteiger charge is -2.39. The van der Waals surface area contributed by atoms with Crippen molar-refractivity contribution in [3.05, 3.63) is 77.8 Å². The summed E-state index contributed by atoms with van der Waals surface area (Å²) in [5.74, 6) is 0.385. The monoisotopic (exact) mass is 556 g/mol. The number of nitrogens with zero attached hydrogens (tertiary/aromatic N) is 3. The number of hydrogen-bond donors (Lipinski definition) is 1. The van der Waals surface area contributed by atoms with Crippen LogP contribution in [-0.4, -0.2) is 42.0 Å². The van der Waals surface area contributed by atoms with Crippen molar-refractivity contribution >= 4 is 5.70 Å². The highest BCUT2D eigenvalue weighted by Crippen LogP contribution is 2.33. The molecule has 2 N–H and O–H groups in total. The van der Waals surface area contributed by atoms with Crippen molar-refractivity contribution in [3.63, 3.8) is 0 Å². The fraction of sp³-hybridized carbons (Fsp3) is 0.528. The average Bonchev–Trinajstić information content (AvgIpc) is 3.00. The largest absolute Gasteiger partial charge is 0.401 e. The number of hydrogen-bond acceptors (Lipinski definition) is 4. The van der Waals surface area contributed by atoms with Crippen LogP contribution < -0.4 is 5.73 Å². The van der Waals surface area contributed by atoms with Crippen molar-refractivity contribution in [2.75, 3.05) is 26.2 Å². The van der Waals surface area contributed by atoms with Gasteiger partial charge in [0.25, 0.3) is 0 Å². The van der Waals surface area contributed by atoms with E-state index in [1.165, 1.54) is 45.3 Å². The fourth-order valence-electron chi connectivity index (χ4n) is 6.61. The first-order valence-corrected chi connectivity index (χ1v) is 15.6. The predicted molar refractivity (Wildman–Crippen MR) is 169 cm³/mol. The molecule has 2 fully saturated rings. The summed E-state index contributed by atoms with van der Waals surface area (Å²) in [5, 5.41) is 9.93. The second-order valence-electron chi connectivity index (χ2n) is 12.7. The summed E-state index contributed by atoms with van der Waals surface area (Å²) in [6.07, 6.45) is 9.99. The summed E-state index contributed by atoms with van der Waals surface area (Å²) in [5.41, 5.74) is 11.6. The highest BCUT2D eigenvalue weighted by atomic mass is 19.1. The van der Waals surface area contributed by atoms with Crippen molar-refractivity contribution in [3.8, 4) is 17.2 Å². The highest BCUT2D eigenvalue weighted by Gasteiger charge is 2.27. The summed E-state index contributed by atoms with van der Waals surface area (Å²) in [6.45, 7) is 19.6. The van der Waals surface area contributed by atoms with Crippen LogP contribution in [-0.2, 0) is 6.42 Å². The van der Waals surface area contributed by atoms with Crippen molar-refractivity contribution in [1.29, 1.82) is 5.26 Å². The molecule has 0 aromatic heterocycles. The van der Waals surface area contributed by atoms with Crippen LogP contribution in [0, 0.1) is 28.5 Å². The third kappa shape index (κ3) is 7.41. The maximum Gasteiger partial charge on any atom is 0.131 e. The molecule has 41 heavy (non-hydrogen) atoms. The summed E-state index contributed by atoms with van der Waals surface area (Å²) in [6, 6.07) is 13.5. The molecule has 2 aliphatic rings. The zero-order valence-corrected chi connectivity index (χ0v) is 25.5. The SMILES string of the molecule is C=C(N)[C@H]1CCCCN1C(=C)c1ccc(-c2ccc(CCC3CCN(CC(C)(CC)CC)CC3)c(C#N)c2)c(F)c1. The van der Waals surface area contributed by atoms with Crippen LogP contribution in [0.25, 0.3) is 16.8 Å². The molecule has 4 rings (SSSR count). The zero-order chi connectivity index (χ0) is 29.6. The van der Waals surface area contributed by atoms with Crippen LogP contribution in [0.15, 0.2) is 55.3 Å². The Bertz CT molecular complexity index is 1260. The lowest BCUT2D eigenvalue weighted by molar-refractivity contribution is 0.111. The van der Waals surface area contributed by atoms with Gasteiger partial charge in [0.05, 0.1) is 17.7 Å². The Morgan fingerprint density at radius 2 is 1.78 bits per heavy atom. The van der Waals surface area contributed by atoms with Gasteiger partial charge in [-0.15, -0.1) is 0 Å². The Balaban J connectivity index is 1.39. The molecule has 220 valence electrons. The Morgan fingerprint density at radius 1 is 1.05 bits per heavy atom. The Morgan fingerprint density at radius 3 is 2.41 bits per heavy atom. The first-order chi connectivity index (χ1) is 19.7. The third-order valence-corrected chi connectivity index (χ3v) is 9.96. The van der Waals surface area contributed by atoms with E-state index in [-0.39, 0.29) is 11.9 Å². The number of benzene rings is 2. The van der Waals surface area contributed by atoms with Crippen LogP contribution in [0.1, 0.15) is 88.8 Å². The van der Waals surface area contributed by atoms with E-state index >= 15 is 4.39 Å². The van der Waals surface area contributed by atoms with E-state index in [2.05, 4.69) is 49.8 Å². The highest BCUT2D eigenvalue weighted by molar-refractivity contribution is 5.71. The first-order valence-electron chi connectivity index (χ1n) is 15.6. The molecule has 2 aliphatic heterocycles. The summed E-state index contributed by atoms with van der Waals surface area (Å²) in [4.78, 5) is 4.80. The molecule has 2 saturated heterocycles. The van der Waals surface area contributed by atoms with Crippen molar-refractivity contribution < 1.29 is 4.39 Å². The number of nitrogens with two attached hydrogens (primary N) is 1. The number of likely N-dealkylation sites (tertiary alicyclic amines) is 2. The maximum absolute atomic E-state index is 15.4. The molecule has 0 aliphatic carbocycles. The van der Waals surface area contributed by atoms with Gasteiger partial charge in [0.1, 0.15) is 5.82 Å². The molecule has 2 heterocycles. The molecule has 0 radical (unpaired) electrons. The van der Waals surface area contributed by atoms with Gasteiger partial charge in [0, 0.05) is 35.6 Å². The second kappa shape index (κ2) is 13.7. The average molecular weight is 557 g/mol. The number of nitriles is 1. The standard InChI is InChI=1S/C36H49FN4/c1-6-36(5,7-2)25-40-20-17-28(18-21-40)11-12-29-13-14-31(22-32(29)24-38)33-16-15-30(23-34(33)37)27(4)41-19-9-8-10-35(41)26(3)39/h13-16,22-23,28,35H,3-4,6-12,17-21,25,39H2,1-2,5H3/t35-/m1/s1. The molecule has 0 spiro atoms. The quantitative estimate of drug-likeness (QED) is 0.304. The summed E-state index contributed by atoms with van der Waals surface area (Å²) in [7, 11) is 0. The van der Waals surface area contributed by atoms with Crippen molar-refractivity contribution in [2.24, 2.45) is 17.1 Å². The van der Waals surface area contributed by atoms with Gasteiger partial charge >= 0.3 is 0 Å². The lowest BCUT2D eigenvalue weighted by atomic mass is 9.82. The lowest BCUT2D eigenvalue weighted by Crippen LogP contribution is -2.40. The Labute approximate surface area is 247 Å². The molecule has 2 aromatic carbocycles. The summed E-state index contributed by atoms with van der Waals surface area (Å²) < 4.78 is 15.4. The molecule has 0 amide bonds. The molecular weight excluding hydrogens is 507 g/mol. The predicted octanol–water partition coefficient (Wildman–Crippen LogP) is 8.13. The van der Waals surface area contributed by atoms with E-state index < -0.39 is 0 Å². The van der Waals surface area contributed by atoms with E-state index in [9.17, 15) is 5.26 Å². The van der Waals surface area contributed by atoms with E-state index in [1.54, 1.807) is 12.1 Å². The van der Waals surface area contributed by atoms with Gasteiger partial charge in [-0.05, 0) is 105 Å². The summed E-state index contributed by atoms with van der Waals surface area (Å²) >= 11 is 0. The van der Waals surface area contributed by atoms with Gasteiger partial charge in [-0.3, -0.25) is 0 Å². The number of piperidine rings is 2. The van der Waals surface area contributed by atoms with Crippen LogP contribution in [0.3, 0.4) is 0 Å². The van der Waals surface area contributed by atoms with Crippen molar-refractivity contribution in [2.45, 2.75) is 84.6 Å².